The van der Waals surface area contributed by atoms with Crippen LogP contribution in [0.4, 0.5) is 0 Å². The molecule has 2 aromatic rings. The maximum absolute atomic E-state index is 8.81. The molecular weight excluding hydrogens is 200 g/mol. The first-order valence-corrected chi connectivity index (χ1v) is 8.54. The van der Waals surface area contributed by atoms with Crippen LogP contribution in [0.1, 0.15) is 5.56 Å². The first kappa shape index (κ1) is 10.0. The summed E-state index contributed by atoms with van der Waals surface area (Å²) >= 11 is 0. The molecular formula is C12H14N2Si. The molecule has 1 N–H and O–H groups in total. The highest BCUT2D eigenvalue weighted by Crippen LogP contribution is 2.15. The smallest absolute Gasteiger partial charge is 0.0991 e. The first-order valence-electron chi connectivity index (χ1n) is 5.04. The van der Waals surface area contributed by atoms with Gasteiger partial charge < -0.3 is 4.98 Å². The van der Waals surface area contributed by atoms with Crippen molar-refractivity contribution in [3.05, 3.63) is 29.8 Å². The number of hydrogen-bond acceptors (Lipinski definition) is 1. The maximum Gasteiger partial charge on any atom is 0.0991 e. The summed E-state index contributed by atoms with van der Waals surface area (Å²) in [5.41, 5.74) is 1.86. The largest absolute Gasteiger partial charge is 0.362 e. The molecule has 0 spiro atoms. The summed E-state index contributed by atoms with van der Waals surface area (Å²) in [5.74, 6) is 0. The number of aromatic amines is 1. The Morgan fingerprint density at radius 2 is 1.93 bits per heavy atom. The molecule has 0 saturated heterocycles. The Morgan fingerprint density at radius 1 is 1.20 bits per heavy atom. The predicted octanol–water partition coefficient (Wildman–Crippen LogP) is 2.58. The van der Waals surface area contributed by atoms with E-state index in [4.69, 9.17) is 5.26 Å². The second kappa shape index (κ2) is 3.25. The van der Waals surface area contributed by atoms with Gasteiger partial charge >= 0.3 is 0 Å². The van der Waals surface area contributed by atoms with Gasteiger partial charge in [-0.15, -0.1) is 0 Å². The van der Waals surface area contributed by atoms with Crippen molar-refractivity contribution in [3.8, 4) is 6.07 Å². The van der Waals surface area contributed by atoms with Gasteiger partial charge in [0.15, 0.2) is 0 Å². The SMILES string of the molecule is C[Si](C)(C)c1cc2cc(C#N)ccc2[nH]1. The molecule has 0 aliphatic carbocycles. The zero-order valence-corrected chi connectivity index (χ0v) is 10.3. The van der Waals surface area contributed by atoms with Crippen molar-refractivity contribution in [2.45, 2.75) is 19.6 Å². The Hall–Kier alpha value is -1.53. The standard InChI is InChI=1S/C12H14N2Si/c1-15(2,3)12-7-10-6-9(8-13)4-5-11(10)14-12/h4-7,14H,1-3H3. The van der Waals surface area contributed by atoms with Gasteiger partial charge in [-0.2, -0.15) is 5.26 Å². The Kier molecular flexibility index (Phi) is 2.17. The lowest BCUT2D eigenvalue weighted by Gasteiger charge is -2.12. The summed E-state index contributed by atoms with van der Waals surface area (Å²) in [7, 11) is -1.28. The van der Waals surface area contributed by atoms with Crippen molar-refractivity contribution in [2.24, 2.45) is 0 Å². The van der Waals surface area contributed by atoms with Gasteiger partial charge in [0, 0.05) is 10.9 Å². The van der Waals surface area contributed by atoms with Crippen LogP contribution in [0.15, 0.2) is 24.3 Å². The van der Waals surface area contributed by atoms with Gasteiger partial charge in [0.05, 0.1) is 19.7 Å². The Labute approximate surface area is 90.6 Å². The highest BCUT2D eigenvalue weighted by Gasteiger charge is 2.18. The second-order valence-electron chi connectivity index (χ2n) is 4.85. The average Bonchev–Trinajstić information content (AvgIpc) is 2.59. The summed E-state index contributed by atoms with van der Waals surface area (Å²) in [5, 5.41) is 11.3. The van der Waals surface area contributed by atoms with E-state index in [1.807, 2.05) is 18.2 Å². The third-order valence-corrected chi connectivity index (χ3v) is 4.44. The zero-order valence-electron chi connectivity index (χ0n) is 9.26. The fourth-order valence-corrected chi connectivity index (χ4v) is 2.70. The summed E-state index contributed by atoms with van der Waals surface area (Å²) in [6, 6.07) is 10.1. The molecule has 2 nitrogen and oxygen atoms in total. The Bertz CT molecular complexity index is 541. The topological polar surface area (TPSA) is 39.6 Å². The number of hydrogen-bond donors (Lipinski definition) is 1. The number of nitriles is 1. The van der Waals surface area contributed by atoms with Crippen LogP contribution < -0.4 is 5.32 Å². The van der Waals surface area contributed by atoms with Crippen molar-refractivity contribution in [3.63, 3.8) is 0 Å². The van der Waals surface area contributed by atoms with Crippen LogP contribution in [0.3, 0.4) is 0 Å². The molecule has 2 rings (SSSR count). The fraction of sp³-hybridized carbons (Fsp3) is 0.250. The predicted molar refractivity (Wildman–Crippen MR) is 66.0 cm³/mol. The number of nitrogens with zero attached hydrogens (tertiary/aromatic N) is 1. The van der Waals surface area contributed by atoms with E-state index < -0.39 is 8.07 Å². The van der Waals surface area contributed by atoms with Crippen molar-refractivity contribution in [1.29, 1.82) is 5.26 Å². The minimum Gasteiger partial charge on any atom is -0.362 e. The summed E-state index contributed by atoms with van der Waals surface area (Å²) in [6.45, 7) is 6.93. The third-order valence-electron chi connectivity index (χ3n) is 2.56. The van der Waals surface area contributed by atoms with Gasteiger partial charge in [-0.05, 0) is 29.6 Å². The van der Waals surface area contributed by atoms with E-state index in [1.54, 1.807) is 0 Å². The molecule has 76 valence electrons. The van der Waals surface area contributed by atoms with Crippen LogP contribution >= 0.6 is 0 Å². The summed E-state index contributed by atoms with van der Waals surface area (Å²) in [6.07, 6.45) is 0. The molecule has 0 bridgehead atoms. The van der Waals surface area contributed by atoms with E-state index in [-0.39, 0.29) is 0 Å². The highest BCUT2D eigenvalue weighted by atomic mass is 28.3. The third kappa shape index (κ3) is 1.81. The van der Waals surface area contributed by atoms with Gasteiger partial charge in [-0.3, -0.25) is 0 Å². The highest BCUT2D eigenvalue weighted by molar-refractivity contribution is 6.88. The molecule has 0 aliphatic heterocycles. The number of aromatic nitrogens is 1. The lowest BCUT2D eigenvalue weighted by atomic mass is 10.2. The molecule has 0 unspecified atom stereocenters. The number of H-pyrrole nitrogens is 1. The summed E-state index contributed by atoms with van der Waals surface area (Å²) < 4.78 is 0. The molecule has 0 saturated carbocycles. The lowest BCUT2D eigenvalue weighted by Crippen LogP contribution is -2.38. The van der Waals surface area contributed by atoms with Gasteiger partial charge in [0.1, 0.15) is 0 Å². The van der Waals surface area contributed by atoms with E-state index in [0.29, 0.717) is 0 Å². The maximum atomic E-state index is 8.81. The Balaban J connectivity index is 2.62. The quantitative estimate of drug-likeness (QED) is 0.728. The first-order chi connectivity index (χ1) is 7.00. The second-order valence-corrected chi connectivity index (χ2v) is 9.89. The van der Waals surface area contributed by atoms with E-state index >= 15 is 0 Å². The van der Waals surface area contributed by atoms with E-state index in [1.165, 1.54) is 5.32 Å². The molecule has 1 aromatic heterocycles. The molecule has 0 atom stereocenters. The van der Waals surface area contributed by atoms with Crippen LogP contribution in [0.5, 0.6) is 0 Å². The normalized spacial score (nSPS) is 11.6. The van der Waals surface area contributed by atoms with Crippen LogP contribution in [0.25, 0.3) is 10.9 Å². The molecule has 1 aromatic carbocycles. The van der Waals surface area contributed by atoms with Crippen LogP contribution in [-0.4, -0.2) is 13.1 Å². The summed E-state index contributed by atoms with van der Waals surface area (Å²) in [4.78, 5) is 3.44. The monoisotopic (exact) mass is 214 g/mol. The molecule has 3 heteroatoms. The number of fused-ring (bicyclic) bond motifs is 1. The average molecular weight is 214 g/mol. The van der Waals surface area contributed by atoms with Gasteiger partial charge in [0.2, 0.25) is 0 Å². The molecule has 0 radical (unpaired) electrons. The van der Waals surface area contributed by atoms with Crippen LogP contribution in [0, 0.1) is 11.3 Å². The van der Waals surface area contributed by atoms with Gasteiger partial charge in [-0.25, -0.2) is 0 Å². The fourth-order valence-electron chi connectivity index (χ4n) is 1.61. The molecule has 0 aliphatic rings. The van der Waals surface area contributed by atoms with Crippen molar-refractivity contribution < 1.29 is 0 Å². The molecule has 0 amide bonds. The van der Waals surface area contributed by atoms with Crippen molar-refractivity contribution >= 4 is 24.3 Å². The Morgan fingerprint density at radius 3 is 2.53 bits per heavy atom. The van der Waals surface area contributed by atoms with Crippen molar-refractivity contribution in [1.82, 2.24) is 4.98 Å². The van der Waals surface area contributed by atoms with Crippen molar-refractivity contribution in [2.75, 3.05) is 0 Å². The van der Waals surface area contributed by atoms with Gasteiger partial charge in [0.25, 0.3) is 0 Å². The van der Waals surface area contributed by atoms with Gasteiger partial charge in [-0.1, -0.05) is 19.6 Å². The lowest BCUT2D eigenvalue weighted by molar-refractivity contribution is 1.48. The van der Waals surface area contributed by atoms with E-state index in [9.17, 15) is 0 Å². The number of benzene rings is 1. The minimum atomic E-state index is -1.28. The molecule has 1 heterocycles. The van der Waals surface area contributed by atoms with E-state index in [2.05, 4.69) is 36.8 Å². The minimum absolute atomic E-state index is 0.726. The molecule has 15 heavy (non-hydrogen) atoms. The number of rotatable bonds is 1. The molecule has 0 fully saturated rings. The van der Waals surface area contributed by atoms with Crippen LogP contribution in [0.2, 0.25) is 19.6 Å². The zero-order chi connectivity index (χ0) is 11.1. The number of nitrogens with one attached hydrogen (secondary N) is 1. The van der Waals surface area contributed by atoms with E-state index in [0.717, 1.165) is 16.5 Å². The van der Waals surface area contributed by atoms with Crippen LogP contribution in [-0.2, 0) is 0 Å².